The van der Waals surface area contributed by atoms with Crippen molar-refractivity contribution >= 4 is 11.7 Å². The summed E-state index contributed by atoms with van der Waals surface area (Å²) in [5.74, 6) is 0.317. The van der Waals surface area contributed by atoms with Crippen LogP contribution in [-0.4, -0.2) is 26.2 Å². The fourth-order valence-corrected chi connectivity index (χ4v) is 2.32. The van der Waals surface area contributed by atoms with Gasteiger partial charge < -0.3 is 9.64 Å². The van der Waals surface area contributed by atoms with E-state index in [0.29, 0.717) is 11.5 Å². The Morgan fingerprint density at radius 1 is 1.25 bits per heavy atom. The third kappa shape index (κ3) is 4.87. The molecule has 0 heterocycles. The molecule has 20 heavy (non-hydrogen) atoms. The van der Waals surface area contributed by atoms with E-state index in [1.54, 1.807) is 0 Å². The Hall–Kier alpha value is -1.51. The van der Waals surface area contributed by atoms with Crippen molar-refractivity contribution in [2.75, 3.05) is 19.0 Å². The van der Waals surface area contributed by atoms with Crippen LogP contribution >= 0.6 is 0 Å². The van der Waals surface area contributed by atoms with Gasteiger partial charge in [-0.2, -0.15) is 0 Å². The minimum Gasteiger partial charge on any atom is -0.459 e. The molecule has 0 spiro atoms. The van der Waals surface area contributed by atoms with Gasteiger partial charge in [-0.1, -0.05) is 39.3 Å². The fourth-order valence-electron chi connectivity index (χ4n) is 2.32. The molecule has 0 aromatic heterocycles. The summed E-state index contributed by atoms with van der Waals surface area (Å²) >= 11 is 0. The number of hydrogen-bond donors (Lipinski definition) is 0. The molecular weight excluding hydrogens is 250 g/mol. The summed E-state index contributed by atoms with van der Waals surface area (Å²) in [5, 5.41) is 0. The van der Waals surface area contributed by atoms with E-state index in [1.807, 2.05) is 43.3 Å². The number of carbonyl (C=O) groups is 1. The number of anilines is 1. The van der Waals surface area contributed by atoms with Crippen LogP contribution < -0.4 is 4.90 Å². The summed E-state index contributed by atoms with van der Waals surface area (Å²) in [6.07, 6.45) is 2.89. The lowest BCUT2D eigenvalue weighted by atomic mass is 10.0. The second kappa shape index (κ2) is 7.93. The van der Waals surface area contributed by atoms with E-state index in [0.717, 1.165) is 24.9 Å². The van der Waals surface area contributed by atoms with E-state index in [4.69, 9.17) is 4.74 Å². The van der Waals surface area contributed by atoms with Gasteiger partial charge >= 0.3 is 5.97 Å². The summed E-state index contributed by atoms with van der Waals surface area (Å²) < 4.78 is 5.71. The molecule has 3 heteroatoms. The fraction of sp³-hybridized carbons (Fsp3) is 0.588. The summed E-state index contributed by atoms with van der Waals surface area (Å²) in [4.78, 5) is 14.3. The van der Waals surface area contributed by atoms with Crippen LogP contribution in [0.25, 0.3) is 0 Å². The lowest BCUT2D eigenvalue weighted by molar-refractivity contribution is 0.0231. The molecule has 0 N–H and O–H groups in total. The summed E-state index contributed by atoms with van der Waals surface area (Å²) in [5.41, 5.74) is 1.54. The third-order valence-electron chi connectivity index (χ3n) is 3.22. The van der Waals surface area contributed by atoms with Gasteiger partial charge in [0.05, 0.1) is 11.3 Å². The van der Waals surface area contributed by atoms with E-state index in [2.05, 4.69) is 20.8 Å². The quantitative estimate of drug-likeness (QED) is 0.702. The molecule has 0 aliphatic carbocycles. The molecule has 0 amide bonds. The first-order chi connectivity index (χ1) is 9.45. The second-order valence-electron chi connectivity index (χ2n) is 5.86. The molecule has 1 atom stereocenters. The molecule has 3 nitrogen and oxygen atoms in total. The Morgan fingerprint density at radius 3 is 2.45 bits per heavy atom. The zero-order valence-electron chi connectivity index (χ0n) is 13.3. The van der Waals surface area contributed by atoms with Crippen LogP contribution in [-0.2, 0) is 4.74 Å². The average Bonchev–Trinajstić information content (AvgIpc) is 2.38. The summed E-state index contributed by atoms with van der Waals surface area (Å²) in [7, 11) is 3.87. The van der Waals surface area contributed by atoms with Gasteiger partial charge in [0.1, 0.15) is 6.10 Å². The number of benzene rings is 1. The summed E-state index contributed by atoms with van der Waals surface area (Å²) in [6, 6.07) is 7.58. The van der Waals surface area contributed by atoms with Gasteiger partial charge in [0.2, 0.25) is 0 Å². The van der Waals surface area contributed by atoms with E-state index in [1.165, 1.54) is 0 Å². The Bertz CT molecular complexity index is 427. The minimum atomic E-state index is -0.214. The molecule has 0 aliphatic rings. The van der Waals surface area contributed by atoms with Gasteiger partial charge in [0, 0.05) is 14.1 Å². The Kier molecular flexibility index (Phi) is 6.56. The third-order valence-corrected chi connectivity index (χ3v) is 3.22. The first kappa shape index (κ1) is 16.5. The Balaban J connectivity index is 2.83. The molecule has 0 bridgehead atoms. The van der Waals surface area contributed by atoms with Crippen LogP contribution in [0.4, 0.5) is 5.69 Å². The van der Waals surface area contributed by atoms with Gasteiger partial charge in [0.15, 0.2) is 0 Å². The number of nitrogens with zero attached hydrogens (tertiary/aromatic N) is 1. The van der Waals surface area contributed by atoms with Crippen molar-refractivity contribution in [2.24, 2.45) is 5.92 Å². The van der Waals surface area contributed by atoms with Crippen molar-refractivity contribution in [3.63, 3.8) is 0 Å². The predicted molar refractivity (Wildman–Crippen MR) is 84.3 cm³/mol. The van der Waals surface area contributed by atoms with Gasteiger partial charge in [-0.05, 0) is 30.9 Å². The van der Waals surface area contributed by atoms with E-state index in [-0.39, 0.29) is 12.1 Å². The molecule has 1 aromatic carbocycles. The highest BCUT2D eigenvalue weighted by atomic mass is 16.5. The zero-order valence-corrected chi connectivity index (χ0v) is 13.3. The van der Waals surface area contributed by atoms with Gasteiger partial charge in [-0.25, -0.2) is 4.79 Å². The lowest BCUT2D eigenvalue weighted by Crippen LogP contribution is -2.22. The molecule has 0 aliphatic heterocycles. The van der Waals surface area contributed by atoms with Crippen molar-refractivity contribution in [1.82, 2.24) is 0 Å². The normalized spacial score (nSPS) is 12.3. The molecular formula is C17H27NO2. The highest BCUT2D eigenvalue weighted by molar-refractivity contribution is 5.95. The Labute approximate surface area is 122 Å². The van der Waals surface area contributed by atoms with Crippen LogP contribution in [0.5, 0.6) is 0 Å². The zero-order chi connectivity index (χ0) is 15.1. The molecule has 1 unspecified atom stereocenters. The van der Waals surface area contributed by atoms with Crippen molar-refractivity contribution < 1.29 is 9.53 Å². The Morgan fingerprint density at radius 2 is 1.90 bits per heavy atom. The molecule has 1 rings (SSSR count). The number of hydrogen-bond acceptors (Lipinski definition) is 3. The largest absolute Gasteiger partial charge is 0.459 e. The van der Waals surface area contributed by atoms with Crippen LogP contribution in [0, 0.1) is 5.92 Å². The first-order valence-electron chi connectivity index (χ1n) is 7.43. The molecule has 0 saturated carbocycles. The van der Waals surface area contributed by atoms with E-state index < -0.39 is 0 Å². The molecule has 0 radical (unpaired) electrons. The number of rotatable bonds is 7. The van der Waals surface area contributed by atoms with E-state index in [9.17, 15) is 4.79 Å². The maximum atomic E-state index is 12.4. The smallest absolute Gasteiger partial charge is 0.340 e. The second-order valence-corrected chi connectivity index (χ2v) is 5.86. The first-order valence-corrected chi connectivity index (χ1v) is 7.43. The monoisotopic (exact) mass is 277 g/mol. The lowest BCUT2D eigenvalue weighted by Gasteiger charge is -2.21. The highest BCUT2D eigenvalue weighted by Gasteiger charge is 2.19. The van der Waals surface area contributed by atoms with Gasteiger partial charge in [0.25, 0.3) is 0 Å². The van der Waals surface area contributed by atoms with Crippen molar-refractivity contribution in [3.8, 4) is 0 Å². The number of carbonyl (C=O) groups excluding carboxylic acids is 1. The number of esters is 1. The summed E-state index contributed by atoms with van der Waals surface area (Å²) in [6.45, 7) is 6.43. The molecule has 0 saturated heterocycles. The van der Waals surface area contributed by atoms with E-state index >= 15 is 0 Å². The molecule has 1 aromatic rings. The van der Waals surface area contributed by atoms with Crippen molar-refractivity contribution in [2.45, 2.75) is 46.1 Å². The number of para-hydroxylation sites is 1. The highest BCUT2D eigenvalue weighted by Crippen LogP contribution is 2.21. The SMILES string of the molecule is CCCC(CC(C)C)OC(=O)c1ccccc1N(C)C. The van der Waals surface area contributed by atoms with Crippen LogP contribution in [0.2, 0.25) is 0 Å². The van der Waals surface area contributed by atoms with Crippen LogP contribution in [0.1, 0.15) is 50.4 Å². The topological polar surface area (TPSA) is 29.5 Å². The van der Waals surface area contributed by atoms with Crippen LogP contribution in [0.15, 0.2) is 24.3 Å². The maximum Gasteiger partial charge on any atom is 0.340 e. The molecule has 0 fully saturated rings. The van der Waals surface area contributed by atoms with Gasteiger partial charge in [-0.3, -0.25) is 0 Å². The maximum absolute atomic E-state index is 12.4. The minimum absolute atomic E-state index is 0.0164. The number of ether oxygens (including phenoxy) is 1. The predicted octanol–water partition coefficient (Wildman–Crippen LogP) is 4.12. The standard InChI is InChI=1S/C17H27NO2/c1-6-9-14(12-13(2)3)20-17(19)15-10-7-8-11-16(15)18(4)5/h7-8,10-11,13-14H,6,9,12H2,1-5H3. The average molecular weight is 277 g/mol. The molecule has 112 valence electrons. The van der Waals surface area contributed by atoms with Crippen LogP contribution in [0.3, 0.4) is 0 Å². The van der Waals surface area contributed by atoms with Crippen molar-refractivity contribution in [3.05, 3.63) is 29.8 Å². The van der Waals surface area contributed by atoms with Gasteiger partial charge in [-0.15, -0.1) is 0 Å². The van der Waals surface area contributed by atoms with Crippen molar-refractivity contribution in [1.29, 1.82) is 0 Å².